The molecule has 0 saturated carbocycles. The van der Waals surface area contributed by atoms with E-state index in [9.17, 15) is 14.4 Å². The molecule has 2 amide bonds. The van der Waals surface area contributed by atoms with Gasteiger partial charge in [-0.3, -0.25) is 14.4 Å². The van der Waals surface area contributed by atoms with E-state index in [-0.39, 0.29) is 29.2 Å². The van der Waals surface area contributed by atoms with Crippen LogP contribution in [-0.4, -0.2) is 53.0 Å². The molecular formula is C23H30N4O3. The maximum atomic E-state index is 13.1. The molecule has 1 aromatic heterocycles. The topological polar surface area (TPSA) is 83.4 Å². The van der Waals surface area contributed by atoms with Crippen LogP contribution < -0.4 is 16.1 Å². The van der Waals surface area contributed by atoms with Gasteiger partial charge in [0.15, 0.2) is 5.43 Å². The average molecular weight is 411 g/mol. The quantitative estimate of drug-likeness (QED) is 0.784. The van der Waals surface area contributed by atoms with Gasteiger partial charge in [-0.25, -0.2) is 0 Å². The fraction of sp³-hybridized carbons (Fsp3) is 0.522. The smallest absolute Gasteiger partial charge is 0.242 e. The van der Waals surface area contributed by atoms with Crippen LogP contribution in [0.15, 0.2) is 35.1 Å². The minimum absolute atomic E-state index is 0.00899. The Balaban J connectivity index is 1.49. The van der Waals surface area contributed by atoms with Crippen LogP contribution in [0, 0.1) is 12.3 Å². The number of aryl methyl sites for hydroxylation is 1. The fourth-order valence-corrected chi connectivity index (χ4v) is 4.48. The highest BCUT2D eigenvalue weighted by Crippen LogP contribution is 2.27. The number of aromatic nitrogens is 1. The number of fused-ring (bicyclic) bond motifs is 1. The molecule has 0 atom stereocenters. The van der Waals surface area contributed by atoms with E-state index in [1.54, 1.807) is 12.1 Å². The number of nitrogens with one attached hydrogen (secondary N) is 2. The lowest BCUT2D eigenvalue weighted by molar-refractivity contribution is -0.137. The number of hydrogen-bond donors (Lipinski definition) is 2. The van der Waals surface area contributed by atoms with Gasteiger partial charge in [-0.15, -0.1) is 0 Å². The predicted octanol–water partition coefficient (Wildman–Crippen LogP) is 1.42. The minimum atomic E-state index is -0.593. The van der Waals surface area contributed by atoms with Gasteiger partial charge in [0, 0.05) is 43.3 Å². The van der Waals surface area contributed by atoms with Crippen LogP contribution in [0.25, 0.3) is 10.9 Å². The van der Waals surface area contributed by atoms with Gasteiger partial charge in [-0.2, -0.15) is 0 Å². The van der Waals surface area contributed by atoms with E-state index in [4.69, 9.17) is 0 Å². The Labute approximate surface area is 176 Å². The van der Waals surface area contributed by atoms with Gasteiger partial charge in [0.25, 0.3) is 0 Å². The van der Waals surface area contributed by atoms with Crippen molar-refractivity contribution in [2.45, 2.75) is 45.7 Å². The molecule has 0 radical (unpaired) electrons. The van der Waals surface area contributed by atoms with E-state index in [1.807, 2.05) is 34.6 Å². The highest BCUT2D eigenvalue weighted by atomic mass is 16.2. The number of hydrogen-bond acceptors (Lipinski definition) is 4. The maximum absolute atomic E-state index is 13.1. The number of carbonyl (C=O) groups excluding carboxylic acids is 2. The zero-order valence-electron chi connectivity index (χ0n) is 18.0. The summed E-state index contributed by atoms with van der Waals surface area (Å²) in [6.07, 6.45) is 1.20. The first-order valence-corrected chi connectivity index (χ1v) is 10.6. The molecule has 30 heavy (non-hydrogen) atoms. The summed E-state index contributed by atoms with van der Waals surface area (Å²) in [6, 6.07) is 8.97. The third-order valence-electron chi connectivity index (χ3n) is 6.56. The molecule has 0 unspecified atom stereocenters. The van der Waals surface area contributed by atoms with Crippen molar-refractivity contribution in [3.05, 3.63) is 46.2 Å². The molecule has 2 aliphatic rings. The highest BCUT2D eigenvalue weighted by molar-refractivity contribution is 5.87. The third-order valence-corrected chi connectivity index (χ3v) is 6.56. The van der Waals surface area contributed by atoms with Crippen molar-refractivity contribution in [3.63, 3.8) is 0 Å². The summed E-state index contributed by atoms with van der Waals surface area (Å²) < 4.78 is 1.91. The van der Waals surface area contributed by atoms with Crippen LogP contribution in [-0.2, 0) is 16.1 Å². The molecule has 7 heteroatoms. The first kappa shape index (κ1) is 20.6. The van der Waals surface area contributed by atoms with Crippen molar-refractivity contribution in [3.8, 4) is 0 Å². The van der Waals surface area contributed by atoms with Gasteiger partial charge >= 0.3 is 0 Å². The number of amides is 2. The van der Waals surface area contributed by atoms with Crippen molar-refractivity contribution in [1.82, 2.24) is 20.1 Å². The molecule has 160 valence electrons. The monoisotopic (exact) mass is 410 g/mol. The fourth-order valence-electron chi connectivity index (χ4n) is 4.48. The normalized spacial score (nSPS) is 20.8. The largest absolute Gasteiger partial charge is 0.354 e. The standard InChI is InChI=1S/C23H30N4O3/c1-16-12-19(28)17-6-4-5-7-18(17)27(16)13-20(29)26-10-8-23(9-11-26)21(30)24-14-22(2,3)15-25-23/h4-7,12,25H,8-11,13-15H2,1-3H3,(H,24,30). The molecule has 1 aromatic carbocycles. The summed E-state index contributed by atoms with van der Waals surface area (Å²) >= 11 is 0. The first-order chi connectivity index (χ1) is 14.2. The lowest BCUT2D eigenvalue weighted by Crippen LogP contribution is -2.61. The summed E-state index contributed by atoms with van der Waals surface area (Å²) in [7, 11) is 0. The number of piperidine rings is 1. The van der Waals surface area contributed by atoms with Crippen molar-refractivity contribution >= 4 is 22.7 Å². The van der Waals surface area contributed by atoms with Crippen molar-refractivity contribution in [1.29, 1.82) is 0 Å². The number of pyridine rings is 1. The zero-order chi connectivity index (χ0) is 21.5. The summed E-state index contributed by atoms with van der Waals surface area (Å²) in [5, 5.41) is 7.19. The van der Waals surface area contributed by atoms with Crippen molar-refractivity contribution in [2.75, 3.05) is 26.2 Å². The SMILES string of the molecule is Cc1cc(=O)c2ccccc2n1CC(=O)N1CCC2(CC1)NCC(C)(C)CNC2=O. The van der Waals surface area contributed by atoms with Gasteiger partial charge in [-0.1, -0.05) is 26.0 Å². The second kappa shape index (κ2) is 7.54. The number of nitrogens with zero attached hydrogens (tertiary/aromatic N) is 2. The van der Waals surface area contributed by atoms with E-state index < -0.39 is 5.54 Å². The lowest BCUT2D eigenvalue weighted by atomic mass is 9.86. The van der Waals surface area contributed by atoms with Crippen LogP contribution in [0.3, 0.4) is 0 Å². The van der Waals surface area contributed by atoms with Gasteiger partial charge in [0.1, 0.15) is 12.1 Å². The Bertz CT molecular complexity index is 1050. The minimum Gasteiger partial charge on any atom is -0.354 e. The van der Waals surface area contributed by atoms with E-state index in [2.05, 4.69) is 24.5 Å². The number of benzene rings is 1. The Kier molecular flexibility index (Phi) is 5.18. The van der Waals surface area contributed by atoms with E-state index >= 15 is 0 Å². The number of rotatable bonds is 2. The van der Waals surface area contributed by atoms with Crippen LogP contribution in [0.4, 0.5) is 0 Å². The molecular weight excluding hydrogens is 380 g/mol. The second-order valence-corrected chi connectivity index (χ2v) is 9.42. The average Bonchev–Trinajstić information content (AvgIpc) is 2.83. The molecule has 0 bridgehead atoms. The summed E-state index contributed by atoms with van der Waals surface area (Å²) in [5.74, 6) is 0.0542. The second-order valence-electron chi connectivity index (χ2n) is 9.42. The van der Waals surface area contributed by atoms with Gasteiger partial charge in [-0.05, 0) is 37.3 Å². The molecule has 2 N–H and O–H groups in total. The third kappa shape index (κ3) is 3.74. The summed E-state index contributed by atoms with van der Waals surface area (Å²) in [5.41, 5.74) is 0.934. The molecule has 0 aliphatic carbocycles. The molecule has 1 spiro atoms. The Morgan fingerprint density at radius 2 is 1.80 bits per heavy atom. The summed E-state index contributed by atoms with van der Waals surface area (Å²) in [6.45, 7) is 8.81. The van der Waals surface area contributed by atoms with E-state index in [0.717, 1.165) is 17.8 Å². The molecule has 2 aromatic rings. The van der Waals surface area contributed by atoms with Crippen LogP contribution in [0.1, 0.15) is 32.4 Å². The number of carbonyl (C=O) groups is 2. The Morgan fingerprint density at radius 1 is 1.10 bits per heavy atom. The number of likely N-dealkylation sites (tertiary alicyclic amines) is 1. The maximum Gasteiger partial charge on any atom is 0.242 e. The van der Waals surface area contributed by atoms with Crippen molar-refractivity contribution < 1.29 is 9.59 Å². The van der Waals surface area contributed by atoms with Crippen LogP contribution in [0.2, 0.25) is 0 Å². The molecule has 2 fully saturated rings. The Hall–Kier alpha value is -2.67. The van der Waals surface area contributed by atoms with E-state index in [1.165, 1.54) is 0 Å². The van der Waals surface area contributed by atoms with Gasteiger partial charge in [0.05, 0.1) is 5.52 Å². The lowest BCUT2D eigenvalue weighted by Gasteiger charge is -2.40. The molecule has 7 nitrogen and oxygen atoms in total. The molecule has 2 saturated heterocycles. The molecule has 4 rings (SSSR count). The number of para-hydroxylation sites is 1. The van der Waals surface area contributed by atoms with Gasteiger partial charge in [0.2, 0.25) is 11.8 Å². The Morgan fingerprint density at radius 3 is 2.53 bits per heavy atom. The van der Waals surface area contributed by atoms with E-state index in [0.29, 0.717) is 37.9 Å². The van der Waals surface area contributed by atoms with Crippen LogP contribution in [0.5, 0.6) is 0 Å². The zero-order valence-corrected chi connectivity index (χ0v) is 18.0. The molecule has 2 aliphatic heterocycles. The van der Waals surface area contributed by atoms with Gasteiger partial charge < -0.3 is 20.1 Å². The summed E-state index contributed by atoms with van der Waals surface area (Å²) in [4.78, 5) is 39.9. The van der Waals surface area contributed by atoms with Crippen molar-refractivity contribution in [2.24, 2.45) is 5.41 Å². The van der Waals surface area contributed by atoms with Crippen LogP contribution >= 0.6 is 0 Å². The predicted molar refractivity (Wildman–Crippen MR) is 116 cm³/mol. The highest BCUT2D eigenvalue weighted by Gasteiger charge is 2.44. The molecule has 3 heterocycles. The first-order valence-electron chi connectivity index (χ1n) is 10.6.